The first-order valence-corrected chi connectivity index (χ1v) is 6.46. The van der Waals surface area contributed by atoms with Gasteiger partial charge in [0.25, 0.3) is 0 Å². The maximum Gasteiger partial charge on any atom is 0.204 e. The van der Waals surface area contributed by atoms with Gasteiger partial charge in [0, 0.05) is 10.8 Å². The lowest BCUT2D eigenvalue weighted by Gasteiger charge is -2.09. The summed E-state index contributed by atoms with van der Waals surface area (Å²) in [7, 11) is 0. The summed E-state index contributed by atoms with van der Waals surface area (Å²) in [5, 5.41) is 22.0. The van der Waals surface area contributed by atoms with E-state index in [-0.39, 0.29) is 27.9 Å². The van der Waals surface area contributed by atoms with Gasteiger partial charge in [-0.15, -0.1) is 0 Å². The molecule has 0 fully saturated rings. The zero-order valence-corrected chi connectivity index (χ0v) is 10.8. The van der Waals surface area contributed by atoms with Crippen LogP contribution in [0.15, 0.2) is 57.7 Å². The minimum atomic E-state index is -0.356. The van der Waals surface area contributed by atoms with E-state index in [1.54, 1.807) is 48.5 Å². The van der Waals surface area contributed by atoms with Gasteiger partial charge in [0.15, 0.2) is 11.3 Å². The van der Waals surface area contributed by atoms with Crippen LogP contribution >= 0.6 is 0 Å². The average Bonchev–Trinajstić information content (AvgIpc) is 2.52. The molecule has 1 aromatic heterocycles. The molecule has 0 unspecified atom stereocenters. The molecule has 3 aromatic carbocycles. The number of aromatic hydroxyl groups is 2. The highest BCUT2D eigenvalue weighted by Crippen LogP contribution is 2.40. The van der Waals surface area contributed by atoms with Gasteiger partial charge in [-0.25, -0.2) is 0 Å². The Hall–Kier alpha value is -3.01. The smallest absolute Gasteiger partial charge is 0.204 e. The molecule has 4 heteroatoms. The molecule has 0 atom stereocenters. The number of phenolic OH excluding ortho intramolecular Hbond substituents is 2. The summed E-state index contributed by atoms with van der Waals surface area (Å²) in [5.74, 6) is -0.306. The van der Waals surface area contributed by atoms with Crippen LogP contribution in [-0.2, 0) is 0 Å². The SMILES string of the molecule is O=c1c2ccccc2oc2c(O)c3ccccc3c(O)c12. The fourth-order valence-corrected chi connectivity index (χ4v) is 2.68. The van der Waals surface area contributed by atoms with Gasteiger partial charge in [0.1, 0.15) is 16.7 Å². The molecule has 4 rings (SSSR count). The van der Waals surface area contributed by atoms with Gasteiger partial charge in [-0.1, -0.05) is 36.4 Å². The Kier molecular flexibility index (Phi) is 2.24. The van der Waals surface area contributed by atoms with E-state index in [1.807, 2.05) is 0 Å². The van der Waals surface area contributed by atoms with Crippen LogP contribution in [0.4, 0.5) is 0 Å². The minimum Gasteiger partial charge on any atom is -0.506 e. The molecule has 4 aromatic rings. The van der Waals surface area contributed by atoms with E-state index in [2.05, 4.69) is 0 Å². The van der Waals surface area contributed by atoms with Crippen LogP contribution in [0.3, 0.4) is 0 Å². The molecule has 0 spiro atoms. The summed E-state index contributed by atoms with van der Waals surface area (Å²) in [6.45, 7) is 0. The molecule has 0 aliphatic rings. The average molecular weight is 278 g/mol. The van der Waals surface area contributed by atoms with Crippen molar-refractivity contribution in [3.63, 3.8) is 0 Å². The first kappa shape index (κ1) is 11.8. The van der Waals surface area contributed by atoms with E-state index < -0.39 is 0 Å². The van der Waals surface area contributed by atoms with Crippen molar-refractivity contribution in [2.75, 3.05) is 0 Å². The lowest BCUT2D eigenvalue weighted by molar-refractivity contribution is 0.466. The molecule has 0 bridgehead atoms. The monoisotopic (exact) mass is 278 g/mol. The second-order valence-corrected chi connectivity index (χ2v) is 4.87. The lowest BCUT2D eigenvalue weighted by atomic mass is 10.0. The van der Waals surface area contributed by atoms with Crippen molar-refractivity contribution in [3.05, 3.63) is 58.8 Å². The Morgan fingerprint density at radius 2 is 1.33 bits per heavy atom. The molecule has 0 saturated heterocycles. The van der Waals surface area contributed by atoms with Crippen molar-refractivity contribution in [2.24, 2.45) is 0 Å². The third kappa shape index (κ3) is 1.47. The van der Waals surface area contributed by atoms with E-state index in [4.69, 9.17) is 4.42 Å². The van der Waals surface area contributed by atoms with Crippen molar-refractivity contribution in [1.82, 2.24) is 0 Å². The maximum absolute atomic E-state index is 12.6. The Bertz CT molecular complexity index is 1080. The van der Waals surface area contributed by atoms with Crippen LogP contribution in [0.2, 0.25) is 0 Å². The Morgan fingerprint density at radius 3 is 2.05 bits per heavy atom. The van der Waals surface area contributed by atoms with E-state index in [1.165, 1.54) is 0 Å². The Labute approximate surface area is 118 Å². The molecule has 21 heavy (non-hydrogen) atoms. The molecule has 102 valence electrons. The van der Waals surface area contributed by atoms with E-state index in [9.17, 15) is 15.0 Å². The molecule has 1 heterocycles. The molecule has 0 amide bonds. The Morgan fingerprint density at radius 1 is 0.762 bits per heavy atom. The summed E-state index contributed by atoms with van der Waals surface area (Å²) in [5.41, 5.74) is 0.0280. The van der Waals surface area contributed by atoms with Crippen molar-refractivity contribution < 1.29 is 14.6 Å². The van der Waals surface area contributed by atoms with E-state index in [0.29, 0.717) is 21.7 Å². The summed E-state index contributed by atoms with van der Waals surface area (Å²) in [6, 6.07) is 13.5. The summed E-state index contributed by atoms with van der Waals surface area (Å²) in [4.78, 5) is 12.6. The third-order valence-corrected chi connectivity index (χ3v) is 3.69. The van der Waals surface area contributed by atoms with Crippen LogP contribution in [0.1, 0.15) is 0 Å². The summed E-state index contributed by atoms with van der Waals surface area (Å²) >= 11 is 0. The zero-order chi connectivity index (χ0) is 14.6. The number of rotatable bonds is 0. The largest absolute Gasteiger partial charge is 0.506 e. The highest BCUT2D eigenvalue weighted by molar-refractivity contribution is 6.10. The molecule has 0 aliphatic heterocycles. The number of hydrogen-bond acceptors (Lipinski definition) is 4. The topological polar surface area (TPSA) is 70.7 Å². The predicted octanol–water partition coefficient (Wildman–Crippen LogP) is 3.51. The molecule has 2 N–H and O–H groups in total. The highest BCUT2D eigenvalue weighted by Gasteiger charge is 2.19. The first-order valence-electron chi connectivity index (χ1n) is 6.46. The number of benzene rings is 3. The zero-order valence-electron chi connectivity index (χ0n) is 10.8. The highest BCUT2D eigenvalue weighted by atomic mass is 16.4. The van der Waals surface area contributed by atoms with Crippen LogP contribution < -0.4 is 5.43 Å². The van der Waals surface area contributed by atoms with Gasteiger partial charge >= 0.3 is 0 Å². The summed E-state index contributed by atoms with van der Waals surface area (Å²) < 4.78 is 5.64. The number of phenols is 2. The lowest BCUT2D eigenvalue weighted by Crippen LogP contribution is -2.02. The quantitative estimate of drug-likeness (QED) is 0.381. The fourth-order valence-electron chi connectivity index (χ4n) is 2.68. The first-order chi connectivity index (χ1) is 10.2. The predicted molar refractivity (Wildman–Crippen MR) is 80.8 cm³/mol. The van der Waals surface area contributed by atoms with Crippen molar-refractivity contribution in [1.29, 1.82) is 0 Å². The summed E-state index contributed by atoms with van der Waals surface area (Å²) in [6.07, 6.45) is 0. The van der Waals surface area contributed by atoms with Crippen LogP contribution in [-0.4, -0.2) is 10.2 Å². The molecule has 0 aliphatic carbocycles. The van der Waals surface area contributed by atoms with Crippen LogP contribution in [0, 0.1) is 0 Å². The third-order valence-electron chi connectivity index (χ3n) is 3.69. The van der Waals surface area contributed by atoms with E-state index >= 15 is 0 Å². The normalized spacial score (nSPS) is 11.4. The standard InChI is InChI=1S/C17H10O4/c18-14-9-5-1-2-6-10(9)16(20)17-13(14)15(19)11-7-3-4-8-12(11)21-17/h1-8,18,20H. The van der Waals surface area contributed by atoms with Crippen molar-refractivity contribution >= 4 is 32.7 Å². The number of fused-ring (bicyclic) bond motifs is 3. The van der Waals surface area contributed by atoms with Gasteiger partial charge < -0.3 is 14.6 Å². The van der Waals surface area contributed by atoms with Crippen molar-refractivity contribution in [3.8, 4) is 11.5 Å². The van der Waals surface area contributed by atoms with E-state index in [0.717, 1.165) is 0 Å². The van der Waals surface area contributed by atoms with Crippen LogP contribution in [0.5, 0.6) is 11.5 Å². The number of para-hydroxylation sites is 1. The van der Waals surface area contributed by atoms with Gasteiger partial charge in [-0.3, -0.25) is 4.79 Å². The Balaban J connectivity index is 2.40. The molecular weight excluding hydrogens is 268 g/mol. The molecular formula is C17H10O4. The number of hydrogen-bond donors (Lipinski definition) is 2. The molecule has 0 saturated carbocycles. The second kappa shape index (κ2) is 3.99. The minimum absolute atomic E-state index is 0.00454. The molecule has 0 radical (unpaired) electrons. The fraction of sp³-hybridized carbons (Fsp3) is 0. The van der Waals surface area contributed by atoms with Crippen molar-refractivity contribution in [2.45, 2.75) is 0 Å². The van der Waals surface area contributed by atoms with Gasteiger partial charge in [-0.2, -0.15) is 0 Å². The van der Waals surface area contributed by atoms with Gasteiger partial charge in [0.2, 0.25) is 5.43 Å². The maximum atomic E-state index is 12.6. The van der Waals surface area contributed by atoms with Gasteiger partial charge in [-0.05, 0) is 12.1 Å². The van der Waals surface area contributed by atoms with Gasteiger partial charge in [0.05, 0.1) is 5.39 Å². The molecule has 4 nitrogen and oxygen atoms in total. The van der Waals surface area contributed by atoms with Crippen LogP contribution in [0.25, 0.3) is 32.7 Å². The second-order valence-electron chi connectivity index (χ2n) is 4.87.